The average Bonchev–Trinajstić information content (AvgIpc) is 3.17. The highest BCUT2D eigenvalue weighted by Gasteiger charge is 2.10. The zero-order valence-corrected chi connectivity index (χ0v) is 14.9. The first-order valence-electron chi connectivity index (χ1n) is 7.80. The SMILES string of the molecule is COc1ccc(CN(C)C(=O)Nc2cccc(-c3nccs3)c2)cc1. The first-order valence-corrected chi connectivity index (χ1v) is 8.68. The van der Waals surface area contributed by atoms with Crippen LogP contribution in [0.2, 0.25) is 0 Å². The Labute approximate surface area is 150 Å². The molecule has 1 N–H and O–H groups in total. The van der Waals surface area contributed by atoms with Gasteiger partial charge in [0.2, 0.25) is 0 Å². The molecule has 0 aliphatic carbocycles. The van der Waals surface area contributed by atoms with Gasteiger partial charge < -0.3 is 15.0 Å². The van der Waals surface area contributed by atoms with Crippen LogP contribution < -0.4 is 10.1 Å². The van der Waals surface area contributed by atoms with E-state index in [0.717, 1.165) is 27.6 Å². The summed E-state index contributed by atoms with van der Waals surface area (Å²) in [6.45, 7) is 0.516. The quantitative estimate of drug-likeness (QED) is 0.736. The van der Waals surface area contributed by atoms with Crippen LogP contribution >= 0.6 is 11.3 Å². The Morgan fingerprint density at radius 1 is 1.24 bits per heavy atom. The van der Waals surface area contributed by atoms with E-state index in [9.17, 15) is 4.79 Å². The summed E-state index contributed by atoms with van der Waals surface area (Å²) in [6, 6.07) is 15.2. The number of nitrogens with one attached hydrogen (secondary N) is 1. The van der Waals surface area contributed by atoms with Crippen molar-refractivity contribution in [1.29, 1.82) is 0 Å². The van der Waals surface area contributed by atoms with Crippen molar-refractivity contribution in [3.8, 4) is 16.3 Å². The maximum Gasteiger partial charge on any atom is 0.321 e. The maximum absolute atomic E-state index is 12.4. The Kier molecular flexibility index (Phi) is 5.30. The van der Waals surface area contributed by atoms with Crippen molar-refractivity contribution < 1.29 is 9.53 Å². The van der Waals surface area contributed by atoms with Gasteiger partial charge in [-0.3, -0.25) is 0 Å². The van der Waals surface area contributed by atoms with E-state index < -0.39 is 0 Å². The predicted octanol–water partition coefficient (Wildman–Crippen LogP) is 4.48. The first kappa shape index (κ1) is 17.0. The number of urea groups is 1. The zero-order valence-electron chi connectivity index (χ0n) is 14.1. The molecule has 0 fully saturated rings. The molecule has 0 spiro atoms. The summed E-state index contributed by atoms with van der Waals surface area (Å²) in [7, 11) is 3.40. The van der Waals surface area contributed by atoms with Crippen molar-refractivity contribution in [1.82, 2.24) is 9.88 Å². The van der Waals surface area contributed by atoms with Gasteiger partial charge in [0.25, 0.3) is 0 Å². The minimum absolute atomic E-state index is 0.160. The van der Waals surface area contributed by atoms with Gasteiger partial charge in [0.1, 0.15) is 10.8 Å². The molecule has 2 amide bonds. The smallest absolute Gasteiger partial charge is 0.321 e. The lowest BCUT2D eigenvalue weighted by Gasteiger charge is -2.18. The lowest BCUT2D eigenvalue weighted by atomic mass is 10.2. The molecule has 0 aliphatic heterocycles. The number of carbonyl (C=O) groups is 1. The number of rotatable bonds is 5. The Bertz CT molecular complexity index is 832. The molecule has 1 aromatic heterocycles. The maximum atomic E-state index is 12.4. The molecule has 0 bridgehead atoms. The number of benzene rings is 2. The third kappa shape index (κ3) is 4.36. The van der Waals surface area contributed by atoms with E-state index in [1.165, 1.54) is 0 Å². The number of thiazole rings is 1. The molecule has 1 heterocycles. The molecule has 6 heteroatoms. The summed E-state index contributed by atoms with van der Waals surface area (Å²) in [6.07, 6.45) is 1.77. The second kappa shape index (κ2) is 7.81. The fraction of sp³-hybridized carbons (Fsp3) is 0.158. The van der Waals surface area contributed by atoms with Crippen molar-refractivity contribution in [3.05, 3.63) is 65.7 Å². The van der Waals surface area contributed by atoms with Gasteiger partial charge in [-0.15, -0.1) is 11.3 Å². The number of methoxy groups -OCH3 is 1. The van der Waals surface area contributed by atoms with Crippen LogP contribution in [-0.4, -0.2) is 30.1 Å². The highest BCUT2D eigenvalue weighted by atomic mass is 32.1. The number of aromatic nitrogens is 1. The van der Waals surface area contributed by atoms with Gasteiger partial charge in [-0.05, 0) is 29.8 Å². The molecule has 0 atom stereocenters. The normalized spacial score (nSPS) is 10.3. The third-order valence-electron chi connectivity index (χ3n) is 3.72. The van der Waals surface area contributed by atoms with Gasteiger partial charge in [0, 0.05) is 36.4 Å². The summed E-state index contributed by atoms with van der Waals surface area (Å²) in [5.74, 6) is 0.801. The van der Waals surface area contributed by atoms with Gasteiger partial charge in [-0.25, -0.2) is 9.78 Å². The minimum atomic E-state index is -0.160. The number of ether oxygens (including phenoxy) is 1. The number of hydrogen-bond donors (Lipinski definition) is 1. The van der Waals surface area contributed by atoms with Crippen LogP contribution in [0.15, 0.2) is 60.1 Å². The van der Waals surface area contributed by atoms with E-state index in [2.05, 4.69) is 10.3 Å². The standard InChI is InChI=1S/C19H19N3O2S/c1-22(13-14-6-8-17(24-2)9-7-14)19(23)21-16-5-3-4-15(12-16)18-20-10-11-25-18/h3-12H,13H2,1-2H3,(H,21,23). The van der Waals surface area contributed by atoms with E-state index in [0.29, 0.717) is 6.54 Å². The first-order chi connectivity index (χ1) is 12.2. The molecule has 2 aromatic carbocycles. The molecule has 3 rings (SSSR count). The van der Waals surface area contributed by atoms with Gasteiger partial charge in [-0.2, -0.15) is 0 Å². The van der Waals surface area contributed by atoms with Crippen molar-refractivity contribution in [3.63, 3.8) is 0 Å². The lowest BCUT2D eigenvalue weighted by Crippen LogP contribution is -2.30. The van der Waals surface area contributed by atoms with E-state index in [1.54, 1.807) is 36.6 Å². The second-order valence-electron chi connectivity index (χ2n) is 5.55. The van der Waals surface area contributed by atoms with Crippen LogP contribution in [0, 0.1) is 0 Å². The van der Waals surface area contributed by atoms with Crippen molar-refractivity contribution in [2.75, 3.05) is 19.5 Å². The Morgan fingerprint density at radius 2 is 2.04 bits per heavy atom. The van der Waals surface area contributed by atoms with Gasteiger partial charge in [0.15, 0.2) is 0 Å². The van der Waals surface area contributed by atoms with Crippen molar-refractivity contribution in [2.24, 2.45) is 0 Å². The molecule has 0 saturated carbocycles. The molecule has 0 unspecified atom stereocenters. The molecule has 0 radical (unpaired) electrons. The summed E-state index contributed by atoms with van der Waals surface area (Å²) >= 11 is 1.57. The molecule has 5 nitrogen and oxygen atoms in total. The van der Waals surface area contributed by atoms with Crippen LogP contribution in [0.25, 0.3) is 10.6 Å². The molecule has 128 valence electrons. The zero-order chi connectivity index (χ0) is 17.6. The topological polar surface area (TPSA) is 54.5 Å². The largest absolute Gasteiger partial charge is 0.497 e. The van der Waals surface area contributed by atoms with Crippen molar-refractivity contribution in [2.45, 2.75) is 6.54 Å². The van der Waals surface area contributed by atoms with Crippen molar-refractivity contribution >= 4 is 23.1 Å². The van der Waals surface area contributed by atoms with E-state index in [-0.39, 0.29) is 6.03 Å². The summed E-state index contributed by atoms with van der Waals surface area (Å²) in [4.78, 5) is 18.3. The molecule has 0 aliphatic rings. The number of amides is 2. The molecular formula is C19H19N3O2S. The minimum Gasteiger partial charge on any atom is -0.497 e. The van der Waals surface area contributed by atoms with E-state index in [1.807, 2.05) is 53.9 Å². The van der Waals surface area contributed by atoms with E-state index >= 15 is 0 Å². The van der Waals surface area contributed by atoms with Crippen LogP contribution in [0.5, 0.6) is 5.75 Å². The fourth-order valence-electron chi connectivity index (χ4n) is 2.39. The van der Waals surface area contributed by atoms with E-state index in [4.69, 9.17) is 4.74 Å². The predicted molar refractivity (Wildman–Crippen MR) is 101 cm³/mol. The number of nitrogens with zero attached hydrogens (tertiary/aromatic N) is 2. The van der Waals surface area contributed by atoms with Gasteiger partial charge in [0.05, 0.1) is 7.11 Å². The molecule has 25 heavy (non-hydrogen) atoms. The number of anilines is 1. The van der Waals surface area contributed by atoms with Crippen LogP contribution in [-0.2, 0) is 6.54 Å². The molecule has 3 aromatic rings. The van der Waals surface area contributed by atoms with Gasteiger partial charge in [-0.1, -0.05) is 24.3 Å². The van der Waals surface area contributed by atoms with Crippen LogP contribution in [0.1, 0.15) is 5.56 Å². The Hall–Kier alpha value is -2.86. The highest BCUT2D eigenvalue weighted by molar-refractivity contribution is 7.13. The third-order valence-corrected chi connectivity index (χ3v) is 4.54. The lowest BCUT2D eigenvalue weighted by molar-refractivity contribution is 0.220. The number of hydrogen-bond acceptors (Lipinski definition) is 4. The molecule has 0 saturated heterocycles. The van der Waals surface area contributed by atoms with Gasteiger partial charge >= 0.3 is 6.03 Å². The second-order valence-corrected chi connectivity index (χ2v) is 6.45. The highest BCUT2D eigenvalue weighted by Crippen LogP contribution is 2.24. The summed E-state index contributed by atoms with van der Waals surface area (Å²) in [5.41, 5.74) is 2.78. The monoisotopic (exact) mass is 353 g/mol. The van der Waals surface area contributed by atoms with Crippen LogP contribution in [0.4, 0.5) is 10.5 Å². The fourth-order valence-corrected chi connectivity index (χ4v) is 3.03. The average molecular weight is 353 g/mol. The summed E-state index contributed by atoms with van der Waals surface area (Å²) in [5, 5.41) is 5.79. The Balaban J connectivity index is 1.64. The Morgan fingerprint density at radius 3 is 2.72 bits per heavy atom. The van der Waals surface area contributed by atoms with Crippen LogP contribution in [0.3, 0.4) is 0 Å². The summed E-state index contributed by atoms with van der Waals surface area (Å²) < 4.78 is 5.15. The molecular weight excluding hydrogens is 334 g/mol. The number of carbonyl (C=O) groups excluding carboxylic acids is 1.